The smallest absolute Gasteiger partial charge is 0.339 e. The largest absolute Gasteiger partial charge is 0.465 e. The van der Waals surface area contributed by atoms with Crippen LogP contribution in [0.25, 0.3) is 0 Å². The third-order valence-electron chi connectivity index (χ3n) is 4.20. The molecule has 24 heavy (non-hydrogen) atoms. The minimum atomic E-state index is -0.501. The van der Waals surface area contributed by atoms with Gasteiger partial charge < -0.3 is 14.2 Å². The van der Waals surface area contributed by atoms with Crippen molar-refractivity contribution in [2.45, 2.75) is 48.5 Å². The monoisotopic (exact) mass is 348 g/mol. The molecule has 2 bridgehead atoms. The molecule has 3 rings (SSSR count). The number of carbonyl (C=O) groups excluding carboxylic acids is 2. The molecule has 2 aliphatic rings. The first-order chi connectivity index (χ1) is 11.4. The highest BCUT2D eigenvalue weighted by atomic mass is 32.2. The van der Waals surface area contributed by atoms with Crippen molar-refractivity contribution >= 4 is 23.7 Å². The van der Waals surface area contributed by atoms with Gasteiger partial charge in [-0.2, -0.15) is 0 Å². The Hall–Kier alpha value is -1.79. The standard InChI is InChI=1S/C18H20O5S/c1-11(19)22-13-9-18(2)10-14(24-12-7-5-4-6-8-12)16(23-18)15(13)17(20)21-3/h4-8,14,16H,9-10H2,1-3H3/t14-,16-,18-/m1/s1. The van der Waals surface area contributed by atoms with Crippen LogP contribution in [0.5, 0.6) is 0 Å². The minimum absolute atomic E-state index is 0.0551. The molecule has 1 aromatic carbocycles. The van der Waals surface area contributed by atoms with Gasteiger partial charge in [-0.15, -0.1) is 11.8 Å². The van der Waals surface area contributed by atoms with Gasteiger partial charge in [0.25, 0.3) is 0 Å². The van der Waals surface area contributed by atoms with E-state index >= 15 is 0 Å². The second kappa shape index (κ2) is 6.61. The van der Waals surface area contributed by atoms with Crippen LogP contribution in [0.3, 0.4) is 0 Å². The molecule has 2 aliphatic heterocycles. The molecule has 0 radical (unpaired) electrons. The van der Waals surface area contributed by atoms with Crippen LogP contribution >= 0.6 is 11.8 Å². The number of benzene rings is 1. The fraction of sp³-hybridized carbons (Fsp3) is 0.444. The summed E-state index contributed by atoms with van der Waals surface area (Å²) in [6, 6.07) is 9.99. The predicted molar refractivity (Wildman–Crippen MR) is 89.4 cm³/mol. The summed E-state index contributed by atoms with van der Waals surface area (Å²) in [6.07, 6.45) is 0.706. The quantitative estimate of drug-likeness (QED) is 0.779. The molecule has 0 saturated carbocycles. The Bertz CT molecular complexity index is 684. The van der Waals surface area contributed by atoms with Crippen molar-refractivity contribution in [2.24, 2.45) is 0 Å². The molecule has 0 unspecified atom stereocenters. The molecular weight excluding hydrogens is 328 g/mol. The Labute approximate surface area is 145 Å². The van der Waals surface area contributed by atoms with Crippen molar-refractivity contribution in [2.75, 3.05) is 7.11 Å². The fourth-order valence-corrected chi connectivity index (χ4v) is 4.71. The van der Waals surface area contributed by atoms with E-state index in [9.17, 15) is 9.59 Å². The van der Waals surface area contributed by atoms with Crippen molar-refractivity contribution in [3.05, 3.63) is 41.7 Å². The van der Waals surface area contributed by atoms with Crippen LogP contribution in [0.4, 0.5) is 0 Å². The van der Waals surface area contributed by atoms with Gasteiger partial charge in [-0.25, -0.2) is 4.79 Å². The Balaban J connectivity index is 1.94. The van der Waals surface area contributed by atoms with Crippen molar-refractivity contribution in [3.63, 3.8) is 0 Å². The van der Waals surface area contributed by atoms with Crippen molar-refractivity contribution in [1.82, 2.24) is 0 Å². The van der Waals surface area contributed by atoms with E-state index in [1.807, 2.05) is 37.3 Å². The zero-order valence-electron chi connectivity index (χ0n) is 13.9. The number of esters is 2. The highest BCUT2D eigenvalue weighted by Crippen LogP contribution is 2.50. The second-order valence-electron chi connectivity index (χ2n) is 6.26. The lowest BCUT2D eigenvalue weighted by Gasteiger charge is -2.31. The van der Waals surface area contributed by atoms with Gasteiger partial charge in [0.2, 0.25) is 0 Å². The van der Waals surface area contributed by atoms with Gasteiger partial charge in [0, 0.05) is 23.5 Å². The lowest BCUT2D eigenvalue weighted by Crippen LogP contribution is -2.36. The first kappa shape index (κ1) is 17.0. The van der Waals surface area contributed by atoms with Gasteiger partial charge in [0.15, 0.2) is 0 Å². The van der Waals surface area contributed by atoms with E-state index in [4.69, 9.17) is 14.2 Å². The number of carbonyl (C=O) groups is 2. The van der Waals surface area contributed by atoms with Crippen LogP contribution < -0.4 is 0 Å². The van der Waals surface area contributed by atoms with Crippen LogP contribution in [0.15, 0.2) is 46.6 Å². The number of hydrogen-bond donors (Lipinski definition) is 0. The zero-order valence-corrected chi connectivity index (χ0v) is 14.7. The molecule has 3 atom stereocenters. The maximum atomic E-state index is 12.3. The average molecular weight is 348 g/mol. The topological polar surface area (TPSA) is 61.8 Å². The maximum Gasteiger partial charge on any atom is 0.339 e. The summed E-state index contributed by atoms with van der Waals surface area (Å²) in [4.78, 5) is 24.8. The number of methoxy groups -OCH3 is 1. The minimum Gasteiger partial charge on any atom is -0.465 e. The second-order valence-corrected chi connectivity index (χ2v) is 7.57. The molecule has 1 saturated heterocycles. The predicted octanol–water partition coefficient (Wildman–Crippen LogP) is 3.09. The Kier molecular flexibility index (Phi) is 4.69. The first-order valence-electron chi connectivity index (χ1n) is 7.81. The highest BCUT2D eigenvalue weighted by Gasteiger charge is 2.53. The maximum absolute atomic E-state index is 12.3. The molecule has 2 heterocycles. The molecule has 0 aromatic heterocycles. The van der Waals surface area contributed by atoms with Crippen LogP contribution in [0, 0.1) is 0 Å². The molecule has 0 amide bonds. The van der Waals surface area contributed by atoms with Gasteiger partial charge in [0.05, 0.1) is 12.7 Å². The lowest BCUT2D eigenvalue weighted by atomic mass is 9.97. The van der Waals surface area contributed by atoms with Gasteiger partial charge in [-0.1, -0.05) is 18.2 Å². The van der Waals surface area contributed by atoms with Crippen molar-refractivity contribution in [1.29, 1.82) is 0 Å². The molecule has 1 fully saturated rings. The fourth-order valence-electron chi connectivity index (χ4n) is 3.30. The molecule has 1 aromatic rings. The first-order valence-corrected chi connectivity index (χ1v) is 8.69. The van der Waals surface area contributed by atoms with E-state index in [0.29, 0.717) is 17.8 Å². The van der Waals surface area contributed by atoms with Crippen LogP contribution in [0.2, 0.25) is 0 Å². The van der Waals surface area contributed by atoms with E-state index in [-0.39, 0.29) is 5.25 Å². The molecule has 5 nitrogen and oxygen atoms in total. The van der Waals surface area contributed by atoms with Gasteiger partial charge in [-0.05, 0) is 25.5 Å². The van der Waals surface area contributed by atoms with E-state index in [2.05, 4.69) is 0 Å². The number of fused-ring (bicyclic) bond motifs is 2. The van der Waals surface area contributed by atoms with E-state index in [1.165, 1.54) is 14.0 Å². The molecule has 0 N–H and O–H groups in total. The third kappa shape index (κ3) is 3.35. The summed E-state index contributed by atoms with van der Waals surface area (Å²) < 4.78 is 16.4. The normalized spacial score (nSPS) is 28.6. The third-order valence-corrected chi connectivity index (χ3v) is 5.47. The van der Waals surface area contributed by atoms with Crippen molar-refractivity contribution < 1.29 is 23.8 Å². The summed E-state index contributed by atoms with van der Waals surface area (Å²) in [5, 5.41) is 0.0551. The number of ether oxygens (including phenoxy) is 3. The number of rotatable bonds is 4. The average Bonchev–Trinajstić information content (AvgIpc) is 2.78. The van der Waals surface area contributed by atoms with Gasteiger partial charge >= 0.3 is 11.9 Å². The zero-order chi connectivity index (χ0) is 17.3. The summed E-state index contributed by atoms with van der Waals surface area (Å²) in [5.41, 5.74) is -0.115. The van der Waals surface area contributed by atoms with E-state index < -0.39 is 23.6 Å². The molecular formula is C18H20O5S. The Morgan fingerprint density at radius 3 is 2.62 bits per heavy atom. The van der Waals surface area contributed by atoms with Gasteiger partial charge in [-0.3, -0.25) is 4.79 Å². The summed E-state index contributed by atoms with van der Waals surface area (Å²) in [6.45, 7) is 3.32. The van der Waals surface area contributed by atoms with Gasteiger partial charge in [0.1, 0.15) is 17.4 Å². The number of thioether (sulfide) groups is 1. The van der Waals surface area contributed by atoms with Crippen LogP contribution in [0.1, 0.15) is 26.7 Å². The molecule has 0 aliphatic carbocycles. The highest BCUT2D eigenvalue weighted by molar-refractivity contribution is 8.00. The van der Waals surface area contributed by atoms with E-state index in [0.717, 1.165) is 11.3 Å². The summed E-state index contributed by atoms with van der Waals surface area (Å²) in [7, 11) is 1.32. The van der Waals surface area contributed by atoms with Crippen molar-refractivity contribution in [3.8, 4) is 0 Å². The van der Waals surface area contributed by atoms with Crippen LogP contribution in [-0.2, 0) is 23.8 Å². The molecule has 0 spiro atoms. The molecule has 128 valence electrons. The summed E-state index contributed by atoms with van der Waals surface area (Å²) >= 11 is 1.67. The Morgan fingerprint density at radius 2 is 2.00 bits per heavy atom. The molecule has 6 heteroatoms. The summed E-state index contributed by atoms with van der Waals surface area (Å²) in [5.74, 6) is -0.563. The Morgan fingerprint density at radius 1 is 1.29 bits per heavy atom. The van der Waals surface area contributed by atoms with E-state index in [1.54, 1.807) is 11.8 Å². The van der Waals surface area contributed by atoms with Crippen LogP contribution in [-0.4, -0.2) is 36.0 Å². The SMILES string of the molecule is COC(=O)C1=C(OC(C)=O)C[C@]2(C)C[C@@H](Sc3ccccc3)[C@H]1O2. The number of hydrogen-bond acceptors (Lipinski definition) is 6. The lowest BCUT2D eigenvalue weighted by molar-refractivity contribution is -0.143.